The molecule has 1 aliphatic heterocycles. The second-order valence-electron chi connectivity index (χ2n) is 4.47. The molecule has 7 heteroatoms. The number of hydrogen-bond donors (Lipinski definition) is 1. The predicted octanol–water partition coefficient (Wildman–Crippen LogP) is 1.31. The van der Waals surface area contributed by atoms with Crippen molar-refractivity contribution in [3.63, 3.8) is 0 Å². The van der Waals surface area contributed by atoms with Gasteiger partial charge in [-0.25, -0.2) is 12.8 Å². The number of sulfonamides is 1. The van der Waals surface area contributed by atoms with Gasteiger partial charge in [0, 0.05) is 13.1 Å². The highest BCUT2D eigenvalue weighted by atomic mass is 32.2. The lowest BCUT2D eigenvalue weighted by Crippen LogP contribution is -2.42. The van der Waals surface area contributed by atoms with Crippen molar-refractivity contribution in [1.82, 2.24) is 4.31 Å². The standard InChI is InChI=1S/C12H14FNO4S/c13-10-5-1-2-6-11(10)19(17,18)14-7-3-4-9(8-14)12(15)16/h1-2,5-6,9H,3-4,7-8H2,(H,15,16)/t9-/m0/s1. The van der Waals surface area contributed by atoms with Crippen molar-refractivity contribution in [2.75, 3.05) is 13.1 Å². The summed E-state index contributed by atoms with van der Waals surface area (Å²) in [5.41, 5.74) is 0. The van der Waals surface area contributed by atoms with E-state index in [1.165, 1.54) is 18.2 Å². The molecule has 0 radical (unpaired) electrons. The molecule has 19 heavy (non-hydrogen) atoms. The molecule has 1 heterocycles. The number of carboxylic acids is 1. The summed E-state index contributed by atoms with van der Waals surface area (Å²) in [6, 6.07) is 5.11. The second kappa shape index (κ2) is 5.26. The van der Waals surface area contributed by atoms with Gasteiger partial charge in [0.05, 0.1) is 5.92 Å². The molecule has 0 unspecified atom stereocenters. The van der Waals surface area contributed by atoms with Crippen molar-refractivity contribution in [1.29, 1.82) is 0 Å². The third-order valence-electron chi connectivity index (χ3n) is 3.19. The fourth-order valence-electron chi connectivity index (χ4n) is 2.16. The number of aliphatic carboxylic acids is 1. The second-order valence-corrected chi connectivity index (χ2v) is 6.38. The Morgan fingerprint density at radius 3 is 2.68 bits per heavy atom. The summed E-state index contributed by atoms with van der Waals surface area (Å²) in [5.74, 6) is -2.57. The highest BCUT2D eigenvalue weighted by molar-refractivity contribution is 7.89. The summed E-state index contributed by atoms with van der Waals surface area (Å²) >= 11 is 0. The SMILES string of the molecule is O=C(O)[C@H]1CCCN(S(=O)(=O)c2ccccc2F)C1. The maximum Gasteiger partial charge on any atom is 0.307 e. The molecule has 1 aromatic rings. The molecular weight excluding hydrogens is 273 g/mol. The van der Waals surface area contributed by atoms with Crippen molar-refractivity contribution in [3.05, 3.63) is 30.1 Å². The van der Waals surface area contributed by atoms with Gasteiger partial charge < -0.3 is 5.11 Å². The minimum Gasteiger partial charge on any atom is -0.481 e. The molecule has 1 aliphatic rings. The van der Waals surface area contributed by atoms with Crippen molar-refractivity contribution in [2.45, 2.75) is 17.7 Å². The maximum absolute atomic E-state index is 13.6. The molecule has 1 N–H and O–H groups in total. The van der Waals surface area contributed by atoms with Crippen LogP contribution in [0.1, 0.15) is 12.8 Å². The van der Waals surface area contributed by atoms with Crippen LogP contribution in [-0.4, -0.2) is 36.9 Å². The first-order valence-corrected chi connectivity index (χ1v) is 7.34. The Kier molecular flexibility index (Phi) is 3.86. The molecule has 1 atom stereocenters. The first-order valence-electron chi connectivity index (χ1n) is 5.90. The molecule has 1 fully saturated rings. The third kappa shape index (κ3) is 2.76. The predicted molar refractivity (Wildman–Crippen MR) is 65.5 cm³/mol. The molecule has 2 rings (SSSR count). The zero-order valence-corrected chi connectivity index (χ0v) is 10.9. The Hall–Kier alpha value is -1.47. The van der Waals surface area contributed by atoms with Crippen LogP contribution in [-0.2, 0) is 14.8 Å². The largest absolute Gasteiger partial charge is 0.481 e. The molecule has 0 amide bonds. The Balaban J connectivity index is 2.30. The Morgan fingerprint density at radius 2 is 2.05 bits per heavy atom. The maximum atomic E-state index is 13.6. The van der Waals surface area contributed by atoms with E-state index in [1.807, 2.05) is 0 Å². The van der Waals surface area contributed by atoms with Crippen LogP contribution in [0.5, 0.6) is 0 Å². The van der Waals surface area contributed by atoms with Gasteiger partial charge >= 0.3 is 5.97 Å². The summed E-state index contributed by atoms with van der Waals surface area (Å²) in [5, 5.41) is 8.95. The highest BCUT2D eigenvalue weighted by Crippen LogP contribution is 2.25. The van der Waals surface area contributed by atoms with Gasteiger partial charge in [-0.1, -0.05) is 12.1 Å². The number of rotatable bonds is 3. The van der Waals surface area contributed by atoms with Gasteiger partial charge in [0.25, 0.3) is 0 Å². The summed E-state index contributed by atoms with van der Waals surface area (Å²) < 4.78 is 39.2. The lowest BCUT2D eigenvalue weighted by Gasteiger charge is -2.29. The number of benzene rings is 1. The van der Waals surface area contributed by atoms with Gasteiger partial charge in [0.15, 0.2) is 0 Å². The van der Waals surface area contributed by atoms with Crippen molar-refractivity contribution in [3.8, 4) is 0 Å². The molecule has 104 valence electrons. The molecule has 5 nitrogen and oxygen atoms in total. The highest BCUT2D eigenvalue weighted by Gasteiger charge is 2.34. The monoisotopic (exact) mass is 287 g/mol. The van der Waals surface area contributed by atoms with E-state index in [0.717, 1.165) is 10.4 Å². The first-order chi connectivity index (χ1) is 8.93. The minimum atomic E-state index is -3.96. The molecular formula is C12H14FNO4S. The fraction of sp³-hybridized carbons (Fsp3) is 0.417. The minimum absolute atomic E-state index is 0.105. The average Bonchev–Trinajstić information content (AvgIpc) is 2.39. The van der Waals surface area contributed by atoms with E-state index in [4.69, 9.17) is 5.11 Å². The number of piperidine rings is 1. The molecule has 1 saturated heterocycles. The smallest absolute Gasteiger partial charge is 0.307 e. The van der Waals surface area contributed by atoms with E-state index in [-0.39, 0.29) is 13.1 Å². The molecule has 0 aliphatic carbocycles. The van der Waals surface area contributed by atoms with Crippen LogP contribution in [0.25, 0.3) is 0 Å². The number of halogens is 1. The van der Waals surface area contributed by atoms with Crippen LogP contribution in [0, 0.1) is 11.7 Å². The summed E-state index contributed by atoms with van der Waals surface area (Å²) in [6.07, 6.45) is 0.906. The average molecular weight is 287 g/mol. The number of carbonyl (C=O) groups is 1. The molecule has 0 aromatic heterocycles. The van der Waals surface area contributed by atoms with E-state index in [9.17, 15) is 17.6 Å². The third-order valence-corrected chi connectivity index (χ3v) is 5.09. The van der Waals surface area contributed by atoms with E-state index in [1.54, 1.807) is 0 Å². The normalized spacial score (nSPS) is 21.2. The van der Waals surface area contributed by atoms with E-state index >= 15 is 0 Å². The van der Waals surface area contributed by atoms with Gasteiger partial charge in [-0.05, 0) is 25.0 Å². The van der Waals surface area contributed by atoms with Crippen LogP contribution < -0.4 is 0 Å². The molecule has 0 bridgehead atoms. The van der Waals surface area contributed by atoms with Crippen LogP contribution in [0.15, 0.2) is 29.2 Å². The Bertz CT molecular complexity index is 587. The Morgan fingerprint density at radius 1 is 1.37 bits per heavy atom. The molecule has 0 spiro atoms. The zero-order chi connectivity index (χ0) is 14.0. The van der Waals surface area contributed by atoms with Gasteiger partial charge in [0.2, 0.25) is 10.0 Å². The van der Waals surface area contributed by atoms with Gasteiger partial charge in [-0.3, -0.25) is 4.79 Å². The summed E-state index contributed by atoms with van der Waals surface area (Å²) in [6.45, 7) is 0.118. The zero-order valence-electron chi connectivity index (χ0n) is 10.1. The molecule has 1 aromatic carbocycles. The lowest BCUT2D eigenvalue weighted by molar-refractivity contribution is -0.142. The fourth-order valence-corrected chi connectivity index (χ4v) is 3.74. The van der Waals surface area contributed by atoms with Crippen molar-refractivity contribution in [2.24, 2.45) is 5.92 Å². The van der Waals surface area contributed by atoms with E-state index in [2.05, 4.69) is 0 Å². The lowest BCUT2D eigenvalue weighted by atomic mass is 10.0. The van der Waals surface area contributed by atoms with E-state index < -0.39 is 32.6 Å². The van der Waals surface area contributed by atoms with E-state index in [0.29, 0.717) is 12.8 Å². The number of hydrogen-bond acceptors (Lipinski definition) is 3. The quantitative estimate of drug-likeness (QED) is 0.909. The van der Waals surface area contributed by atoms with Crippen LogP contribution >= 0.6 is 0 Å². The van der Waals surface area contributed by atoms with Crippen LogP contribution in [0.4, 0.5) is 4.39 Å². The first kappa shape index (κ1) is 14.0. The molecule has 0 saturated carbocycles. The number of carboxylic acid groups (broad SMARTS) is 1. The van der Waals surface area contributed by atoms with Crippen LogP contribution in [0.3, 0.4) is 0 Å². The topological polar surface area (TPSA) is 74.7 Å². The van der Waals surface area contributed by atoms with Crippen molar-refractivity contribution >= 4 is 16.0 Å². The number of nitrogens with zero attached hydrogens (tertiary/aromatic N) is 1. The summed E-state index contributed by atoms with van der Waals surface area (Å²) in [7, 11) is -3.96. The van der Waals surface area contributed by atoms with Gasteiger partial charge in [0.1, 0.15) is 10.7 Å². The van der Waals surface area contributed by atoms with Crippen molar-refractivity contribution < 1.29 is 22.7 Å². The van der Waals surface area contributed by atoms with Gasteiger partial charge in [-0.2, -0.15) is 4.31 Å². The Labute approximate surface area is 110 Å². The van der Waals surface area contributed by atoms with Gasteiger partial charge in [-0.15, -0.1) is 0 Å². The van der Waals surface area contributed by atoms with Crippen LogP contribution in [0.2, 0.25) is 0 Å². The summed E-state index contributed by atoms with van der Waals surface area (Å²) in [4.78, 5) is 10.5.